The van der Waals surface area contributed by atoms with Gasteiger partial charge in [-0.1, -0.05) is 31.2 Å². The van der Waals surface area contributed by atoms with Gasteiger partial charge in [0.25, 0.3) is 0 Å². The van der Waals surface area contributed by atoms with Crippen LogP contribution < -0.4 is 0 Å². The van der Waals surface area contributed by atoms with Crippen LogP contribution in [0.2, 0.25) is 0 Å². The first kappa shape index (κ1) is 17.3. The molecule has 126 valence electrons. The Balaban J connectivity index is 2.21. The molecule has 1 fully saturated rings. The second kappa shape index (κ2) is 6.60. The fourth-order valence-corrected chi connectivity index (χ4v) is 2.91. The third-order valence-corrected chi connectivity index (χ3v) is 4.08. The number of hydrogen-bond donors (Lipinski definition) is 1. The third kappa shape index (κ3) is 4.24. The van der Waals surface area contributed by atoms with Crippen molar-refractivity contribution in [2.24, 2.45) is 5.92 Å². The second-order valence-electron chi connectivity index (χ2n) is 7.04. The Morgan fingerprint density at radius 1 is 1.30 bits per heavy atom. The van der Waals surface area contributed by atoms with Crippen molar-refractivity contribution in [3.63, 3.8) is 0 Å². The summed E-state index contributed by atoms with van der Waals surface area (Å²) in [7, 11) is 0. The molecule has 1 amide bonds. The number of ether oxygens (including phenoxy) is 1. The first-order chi connectivity index (χ1) is 10.7. The van der Waals surface area contributed by atoms with Crippen LogP contribution in [0.3, 0.4) is 0 Å². The zero-order valence-electron chi connectivity index (χ0n) is 14.2. The fraction of sp³-hybridized carbons (Fsp3) is 0.556. The molecule has 5 nitrogen and oxygen atoms in total. The molecular formula is C18H25NO4. The van der Waals surface area contributed by atoms with Crippen molar-refractivity contribution in [1.29, 1.82) is 0 Å². The van der Waals surface area contributed by atoms with E-state index in [1.807, 2.05) is 24.3 Å². The Kier molecular flexibility index (Phi) is 4.97. The van der Waals surface area contributed by atoms with Crippen LogP contribution in [-0.2, 0) is 16.0 Å². The van der Waals surface area contributed by atoms with E-state index >= 15 is 0 Å². The molecule has 0 spiro atoms. The number of likely N-dealkylation sites (tertiary alicyclic amines) is 1. The van der Waals surface area contributed by atoms with Crippen molar-refractivity contribution in [1.82, 2.24) is 4.90 Å². The molecule has 1 aliphatic heterocycles. The van der Waals surface area contributed by atoms with E-state index < -0.39 is 23.6 Å². The number of hydrogen-bond acceptors (Lipinski definition) is 3. The summed E-state index contributed by atoms with van der Waals surface area (Å²) in [5, 5.41) is 9.52. The van der Waals surface area contributed by atoms with E-state index in [1.54, 1.807) is 20.8 Å². The lowest BCUT2D eigenvalue weighted by Gasteiger charge is -2.24. The van der Waals surface area contributed by atoms with Crippen molar-refractivity contribution in [3.8, 4) is 0 Å². The fourth-order valence-electron chi connectivity index (χ4n) is 2.91. The average Bonchev–Trinajstić information content (AvgIpc) is 2.91. The van der Waals surface area contributed by atoms with Gasteiger partial charge in [0.2, 0.25) is 0 Å². The maximum atomic E-state index is 12.2. The van der Waals surface area contributed by atoms with Gasteiger partial charge in [-0.05, 0) is 38.3 Å². The highest BCUT2D eigenvalue weighted by Crippen LogP contribution is 2.34. The summed E-state index contributed by atoms with van der Waals surface area (Å²) in [6, 6.07) is 7.96. The number of nitrogens with zero attached hydrogens (tertiary/aromatic N) is 1. The lowest BCUT2D eigenvalue weighted by Crippen LogP contribution is -2.35. The third-order valence-electron chi connectivity index (χ3n) is 4.08. The average molecular weight is 319 g/mol. The van der Waals surface area contributed by atoms with Crippen LogP contribution >= 0.6 is 0 Å². The number of carboxylic acid groups (broad SMARTS) is 1. The van der Waals surface area contributed by atoms with Crippen molar-refractivity contribution in [2.45, 2.75) is 45.6 Å². The van der Waals surface area contributed by atoms with Gasteiger partial charge >= 0.3 is 12.1 Å². The molecule has 0 aliphatic carbocycles. The van der Waals surface area contributed by atoms with Crippen LogP contribution in [0.4, 0.5) is 4.79 Å². The van der Waals surface area contributed by atoms with E-state index in [0.717, 1.165) is 12.0 Å². The van der Waals surface area contributed by atoms with Crippen molar-refractivity contribution < 1.29 is 19.4 Å². The van der Waals surface area contributed by atoms with Gasteiger partial charge in [0, 0.05) is 19.0 Å². The quantitative estimate of drug-likeness (QED) is 0.928. The SMILES string of the molecule is CCc1cccc([C@@H]2CN(C(=O)OC(C)(C)C)C[C@H]2C(=O)O)c1. The van der Waals surface area contributed by atoms with Crippen LogP contribution in [0.5, 0.6) is 0 Å². The van der Waals surface area contributed by atoms with Gasteiger partial charge in [-0.3, -0.25) is 4.79 Å². The molecule has 2 atom stereocenters. The first-order valence-corrected chi connectivity index (χ1v) is 8.01. The van der Waals surface area contributed by atoms with E-state index in [1.165, 1.54) is 10.5 Å². The second-order valence-corrected chi connectivity index (χ2v) is 7.04. The van der Waals surface area contributed by atoms with Gasteiger partial charge in [0.1, 0.15) is 5.60 Å². The molecule has 1 aromatic rings. The van der Waals surface area contributed by atoms with E-state index in [-0.39, 0.29) is 12.5 Å². The first-order valence-electron chi connectivity index (χ1n) is 8.01. The lowest BCUT2D eigenvalue weighted by atomic mass is 9.88. The molecule has 1 N–H and O–H groups in total. The van der Waals surface area contributed by atoms with Crippen molar-refractivity contribution in [2.75, 3.05) is 13.1 Å². The van der Waals surface area contributed by atoms with Crippen LogP contribution in [0, 0.1) is 5.92 Å². The lowest BCUT2D eigenvalue weighted by molar-refractivity contribution is -0.141. The number of rotatable bonds is 3. The standard InChI is InChI=1S/C18H25NO4/c1-5-12-7-6-8-13(9-12)14-10-19(11-15(14)16(20)21)17(22)23-18(2,3)4/h6-9,14-15H,5,10-11H2,1-4H3,(H,20,21)/t14-,15+/m0/s1. The minimum absolute atomic E-state index is 0.186. The zero-order chi connectivity index (χ0) is 17.2. The van der Waals surface area contributed by atoms with E-state index in [9.17, 15) is 14.7 Å². The summed E-state index contributed by atoms with van der Waals surface area (Å²) in [5.41, 5.74) is 1.56. The number of benzene rings is 1. The molecule has 1 saturated heterocycles. The van der Waals surface area contributed by atoms with Gasteiger partial charge in [-0.15, -0.1) is 0 Å². The highest BCUT2D eigenvalue weighted by molar-refractivity contribution is 5.76. The van der Waals surface area contributed by atoms with Crippen LogP contribution in [0.1, 0.15) is 44.7 Å². The predicted octanol–water partition coefficient (Wildman–Crippen LogP) is 3.28. The molecule has 23 heavy (non-hydrogen) atoms. The van der Waals surface area contributed by atoms with E-state index in [2.05, 4.69) is 6.92 Å². The van der Waals surface area contributed by atoms with Gasteiger partial charge in [0.15, 0.2) is 0 Å². The molecule has 0 aromatic heterocycles. The summed E-state index contributed by atoms with van der Waals surface area (Å²) in [5.74, 6) is -1.68. The summed E-state index contributed by atoms with van der Waals surface area (Å²) in [4.78, 5) is 25.4. The topological polar surface area (TPSA) is 66.8 Å². The highest BCUT2D eigenvalue weighted by atomic mass is 16.6. The van der Waals surface area contributed by atoms with Gasteiger partial charge < -0.3 is 14.7 Å². The van der Waals surface area contributed by atoms with E-state index in [0.29, 0.717) is 6.54 Å². The summed E-state index contributed by atoms with van der Waals surface area (Å²) < 4.78 is 5.37. The monoisotopic (exact) mass is 319 g/mol. The minimum Gasteiger partial charge on any atom is -0.481 e. The maximum Gasteiger partial charge on any atom is 0.410 e. The number of amides is 1. The Hall–Kier alpha value is -2.04. The molecule has 1 heterocycles. The summed E-state index contributed by atoms with van der Waals surface area (Å²) >= 11 is 0. The molecule has 0 radical (unpaired) electrons. The molecule has 0 unspecified atom stereocenters. The molecular weight excluding hydrogens is 294 g/mol. The number of carbonyl (C=O) groups excluding carboxylic acids is 1. The number of aliphatic carboxylic acids is 1. The molecule has 5 heteroatoms. The van der Waals surface area contributed by atoms with Crippen molar-refractivity contribution >= 4 is 12.1 Å². The number of carboxylic acids is 1. The number of carbonyl (C=O) groups is 2. The Morgan fingerprint density at radius 3 is 2.57 bits per heavy atom. The molecule has 1 aliphatic rings. The van der Waals surface area contributed by atoms with Crippen molar-refractivity contribution in [3.05, 3.63) is 35.4 Å². The Morgan fingerprint density at radius 2 is 2.00 bits per heavy atom. The van der Waals surface area contributed by atoms with E-state index in [4.69, 9.17) is 4.74 Å². The Bertz CT molecular complexity index is 591. The molecule has 0 bridgehead atoms. The Labute approximate surface area is 137 Å². The summed E-state index contributed by atoms with van der Waals surface area (Å²) in [6.07, 6.45) is 0.451. The summed E-state index contributed by atoms with van der Waals surface area (Å²) in [6.45, 7) is 8.04. The number of aryl methyl sites for hydroxylation is 1. The maximum absolute atomic E-state index is 12.2. The smallest absolute Gasteiger partial charge is 0.410 e. The van der Waals surface area contributed by atoms with Crippen LogP contribution in [-0.4, -0.2) is 40.8 Å². The van der Waals surface area contributed by atoms with Gasteiger partial charge in [0.05, 0.1) is 5.92 Å². The normalized spacial score (nSPS) is 21.3. The van der Waals surface area contributed by atoms with Crippen LogP contribution in [0.15, 0.2) is 24.3 Å². The molecule has 1 aromatic carbocycles. The minimum atomic E-state index is -0.872. The van der Waals surface area contributed by atoms with Gasteiger partial charge in [-0.25, -0.2) is 4.79 Å². The van der Waals surface area contributed by atoms with Crippen LogP contribution in [0.25, 0.3) is 0 Å². The largest absolute Gasteiger partial charge is 0.481 e. The van der Waals surface area contributed by atoms with Gasteiger partial charge in [-0.2, -0.15) is 0 Å². The zero-order valence-corrected chi connectivity index (χ0v) is 14.2. The predicted molar refractivity (Wildman–Crippen MR) is 87.5 cm³/mol. The molecule has 2 rings (SSSR count). The molecule has 0 saturated carbocycles. The highest BCUT2D eigenvalue weighted by Gasteiger charge is 2.41.